The first-order valence-corrected chi connectivity index (χ1v) is 5.51. The first-order chi connectivity index (χ1) is 6.66. The van der Waals surface area contributed by atoms with E-state index in [1.807, 2.05) is 6.07 Å². The van der Waals surface area contributed by atoms with E-state index in [-0.39, 0.29) is 5.78 Å². The summed E-state index contributed by atoms with van der Waals surface area (Å²) in [7, 11) is 0. The van der Waals surface area contributed by atoms with E-state index in [2.05, 4.69) is 24.4 Å². The number of hydrogen-bond donors (Lipinski definition) is 0. The van der Waals surface area contributed by atoms with Gasteiger partial charge in [-0.15, -0.1) is 11.3 Å². The lowest BCUT2D eigenvalue weighted by Crippen LogP contribution is -1.95. The molecule has 2 heteroatoms. The molecule has 0 fully saturated rings. The summed E-state index contributed by atoms with van der Waals surface area (Å²) >= 11 is 1.76. The van der Waals surface area contributed by atoms with Crippen molar-refractivity contribution in [3.8, 4) is 0 Å². The van der Waals surface area contributed by atoms with E-state index in [0.29, 0.717) is 6.42 Å². The van der Waals surface area contributed by atoms with Crippen LogP contribution in [0.2, 0.25) is 0 Å². The Morgan fingerprint density at radius 1 is 1.43 bits per heavy atom. The number of Topliss-reactive ketones (excluding diaryl/α,β-unsaturated/α-hetero) is 1. The molecule has 1 heterocycles. The lowest BCUT2D eigenvalue weighted by atomic mass is 10.1. The number of benzene rings is 1. The molecule has 1 aromatic carbocycles. The summed E-state index contributed by atoms with van der Waals surface area (Å²) < 4.78 is 1.30. The van der Waals surface area contributed by atoms with Gasteiger partial charge in [0.15, 0.2) is 0 Å². The molecule has 0 aliphatic carbocycles. The summed E-state index contributed by atoms with van der Waals surface area (Å²) in [6, 6.07) is 6.27. The number of thiophene rings is 1. The molecule has 72 valence electrons. The second kappa shape index (κ2) is 3.54. The fraction of sp³-hybridized carbons (Fsp3) is 0.250. The van der Waals surface area contributed by atoms with Gasteiger partial charge in [0.2, 0.25) is 0 Å². The SMILES string of the molecule is CC(=O)Cc1ccc2scc(C)c2c1. The number of rotatable bonds is 2. The van der Waals surface area contributed by atoms with Crippen molar-refractivity contribution in [2.75, 3.05) is 0 Å². The van der Waals surface area contributed by atoms with E-state index in [1.54, 1.807) is 18.3 Å². The summed E-state index contributed by atoms with van der Waals surface area (Å²) in [4.78, 5) is 11.0. The van der Waals surface area contributed by atoms with Crippen molar-refractivity contribution in [2.45, 2.75) is 20.3 Å². The summed E-state index contributed by atoms with van der Waals surface area (Å²) in [5.41, 5.74) is 2.42. The third-order valence-electron chi connectivity index (χ3n) is 2.28. The molecule has 1 aromatic heterocycles. The second-order valence-corrected chi connectivity index (χ2v) is 4.54. The Bertz CT molecular complexity index is 482. The fourth-order valence-corrected chi connectivity index (χ4v) is 2.53. The van der Waals surface area contributed by atoms with Crippen LogP contribution in [0, 0.1) is 6.92 Å². The van der Waals surface area contributed by atoms with Crippen molar-refractivity contribution in [1.29, 1.82) is 0 Å². The Morgan fingerprint density at radius 3 is 2.93 bits per heavy atom. The number of aryl methyl sites for hydroxylation is 1. The molecular formula is C12H12OS. The van der Waals surface area contributed by atoms with Gasteiger partial charge in [0.05, 0.1) is 0 Å². The van der Waals surface area contributed by atoms with Gasteiger partial charge in [-0.2, -0.15) is 0 Å². The van der Waals surface area contributed by atoms with E-state index in [1.165, 1.54) is 15.6 Å². The summed E-state index contributed by atoms with van der Waals surface area (Å²) in [6.45, 7) is 3.74. The molecule has 2 aromatic rings. The van der Waals surface area contributed by atoms with Gasteiger partial charge in [-0.1, -0.05) is 6.07 Å². The highest BCUT2D eigenvalue weighted by Gasteiger charge is 2.02. The quantitative estimate of drug-likeness (QED) is 0.733. The van der Waals surface area contributed by atoms with Crippen molar-refractivity contribution in [2.24, 2.45) is 0 Å². The molecule has 0 amide bonds. The number of carbonyl (C=O) groups excluding carboxylic acids is 1. The van der Waals surface area contributed by atoms with Crippen LogP contribution >= 0.6 is 11.3 Å². The molecule has 0 bridgehead atoms. The fourth-order valence-electron chi connectivity index (χ4n) is 1.60. The van der Waals surface area contributed by atoms with Gasteiger partial charge in [-0.25, -0.2) is 0 Å². The average molecular weight is 204 g/mol. The predicted molar refractivity (Wildman–Crippen MR) is 60.9 cm³/mol. The van der Waals surface area contributed by atoms with Gasteiger partial charge in [0.25, 0.3) is 0 Å². The van der Waals surface area contributed by atoms with E-state index < -0.39 is 0 Å². The molecule has 0 radical (unpaired) electrons. The molecule has 0 aliphatic rings. The minimum Gasteiger partial charge on any atom is -0.300 e. The lowest BCUT2D eigenvalue weighted by molar-refractivity contribution is -0.116. The molecule has 2 rings (SSSR count). The van der Waals surface area contributed by atoms with E-state index in [9.17, 15) is 4.79 Å². The molecule has 0 spiro atoms. The standard InChI is InChI=1S/C12H12OS/c1-8-7-14-12-4-3-10(5-9(2)13)6-11(8)12/h3-4,6-7H,5H2,1-2H3. The maximum Gasteiger partial charge on any atom is 0.134 e. The van der Waals surface area contributed by atoms with Crippen LogP contribution in [0.1, 0.15) is 18.1 Å². The normalized spacial score (nSPS) is 10.7. The van der Waals surface area contributed by atoms with Crippen LogP contribution < -0.4 is 0 Å². The Balaban J connectivity index is 2.49. The Kier molecular flexibility index (Phi) is 2.38. The maximum atomic E-state index is 11.0. The van der Waals surface area contributed by atoms with Crippen molar-refractivity contribution in [3.63, 3.8) is 0 Å². The zero-order chi connectivity index (χ0) is 10.1. The number of ketones is 1. The number of hydrogen-bond acceptors (Lipinski definition) is 2. The van der Waals surface area contributed by atoms with Crippen LogP contribution in [0.4, 0.5) is 0 Å². The average Bonchev–Trinajstić information content (AvgIpc) is 2.47. The molecule has 0 N–H and O–H groups in total. The Labute approximate surface area is 87.4 Å². The van der Waals surface area contributed by atoms with Crippen molar-refractivity contribution in [1.82, 2.24) is 0 Å². The molecular weight excluding hydrogens is 192 g/mol. The number of carbonyl (C=O) groups is 1. The van der Waals surface area contributed by atoms with Gasteiger partial charge < -0.3 is 0 Å². The summed E-state index contributed by atoms with van der Waals surface area (Å²) in [5, 5.41) is 3.44. The van der Waals surface area contributed by atoms with Crippen molar-refractivity contribution in [3.05, 3.63) is 34.7 Å². The number of fused-ring (bicyclic) bond motifs is 1. The first-order valence-electron chi connectivity index (χ1n) is 4.63. The second-order valence-electron chi connectivity index (χ2n) is 3.63. The zero-order valence-corrected chi connectivity index (χ0v) is 9.15. The summed E-state index contributed by atoms with van der Waals surface area (Å²) in [5.74, 6) is 0.220. The van der Waals surface area contributed by atoms with Gasteiger partial charge in [0.1, 0.15) is 5.78 Å². The van der Waals surface area contributed by atoms with E-state index in [0.717, 1.165) is 5.56 Å². The molecule has 0 unspecified atom stereocenters. The highest BCUT2D eigenvalue weighted by Crippen LogP contribution is 2.26. The topological polar surface area (TPSA) is 17.1 Å². The molecule has 0 aliphatic heterocycles. The van der Waals surface area contributed by atoms with Crippen molar-refractivity contribution >= 4 is 27.2 Å². The smallest absolute Gasteiger partial charge is 0.134 e. The minimum atomic E-state index is 0.220. The first kappa shape index (κ1) is 9.41. The van der Waals surface area contributed by atoms with Crippen molar-refractivity contribution < 1.29 is 4.79 Å². The lowest BCUT2D eigenvalue weighted by Gasteiger charge is -1.98. The third-order valence-corrected chi connectivity index (χ3v) is 3.37. The Morgan fingerprint density at radius 2 is 2.21 bits per heavy atom. The Hall–Kier alpha value is -1.15. The zero-order valence-electron chi connectivity index (χ0n) is 8.33. The maximum absolute atomic E-state index is 11.0. The third kappa shape index (κ3) is 1.70. The van der Waals surface area contributed by atoms with Crippen LogP contribution in [0.3, 0.4) is 0 Å². The predicted octanol–water partition coefficient (Wildman–Crippen LogP) is 3.34. The van der Waals surface area contributed by atoms with Gasteiger partial charge in [-0.3, -0.25) is 4.79 Å². The monoisotopic (exact) mass is 204 g/mol. The van der Waals surface area contributed by atoms with E-state index in [4.69, 9.17) is 0 Å². The molecule has 0 saturated heterocycles. The summed E-state index contributed by atoms with van der Waals surface area (Å²) in [6.07, 6.45) is 0.547. The van der Waals surface area contributed by atoms with Gasteiger partial charge >= 0.3 is 0 Å². The minimum absolute atomic E-state index is 0.220. The van der Waals surface area contributed by atoms with Crippen LogP contribution in [0.5, 0.6) is 0 Å². The largest absolute Gasteiger partial charge is 0.300 e. The van der Waals surface area contributed by atoms with Crippen LogP contribution in [-0.4, -0.2) is 5.78 Å². The molecule has 0 atom stereocenters. The van der Waals surface area contributed by atoms with Gasteiger partial charge in [-0.05, 0) is 47.9 Å². The van der Waals surface area contributed by atoms with E-state index >= 15 is 0 Å². The molecule has 14 heavy (non-hydrogen) atoms. The molecule has 0 saturated carbocycles. The van der Waals surface area contributed by atoms with Gasteiger partial charge in [0, 0.05) is 11.1 Å². The van der Waals surface area contributed by atoms with Crippen LogP contribution in [0.15, 0.2) is 23.6 Å². The molecule has 1 nitrogen and oxygen atoms in total. The highest BCUT2D eigenvalue weighted by atomic mass is 32.1. The van der Waals surface area contributed by atoms with Crippen LogP contribution in [0.25, 0.3) is 10.1 Å². The van der Waals surface area contributed by atoms with Crippen LogP contribution in [-0.2, 0) is 11.2 Å². The highest BCUT2D eigenvalue weighted by molar-refractivity contribution is 7.17.